The van der Waals surface area contributed by atoms with Gasteiger partial charge >= 0.3 is 5.97 Å². The molecule has 38 heavy (non-hydrogen) atoms. The normalized spacial score (nSPS) is 52.3. The lowest BCUT2D eigenvalue weighted by Crippen LogP contribution is -2.63. The highest BCUT2D eigenvalue weighted by molar-refractivity contribution is 8.20. The fourth-order valence-electron chi connectivity index (χ4n) is 11.3. The van der Waals surface area contributed by atoms with Crippen LogP contribution in [0.4, 0.5) is 0 Å². The van der Waals surface area contributed by atoms with E-state index in [0.29, 0.717) is 34.2 Å². The fraction of sp³-hybridized carbons (Fsp3) is 0.848. The zero-order chi connectivity index (χ0) is 27.3. The van der Waals surface area contributed by atoms with Crippen molar-refractivity contribution in [1.29, 1.82) is 0 Å². The van der Waals surface area contributed by atoms with Crippen LogP contribution in [0.5, 0.6) is 0 Å². The van der Waals surface area contributed by atoms with Gasteiger partial charge in [-0.05, 0) is 96.4 Å². The summed E-state index contributed by atoms with van der Waals surface area (Å²) in [5, 5.41) is 10.7. The number of thioether (sulfide) groups is 2. The molecule has 4 fully saturated rings. The highest BCUT2D eigenvalue weighted by atomic mass is 32.2. The lowest BCUT2D eigenvalue weighted by atomic mass is 9.35. The van der Waals surface area contributed by atoms with Crippen LogP contribution < -0.4 is 0 Å². The molecule has 0 aromatic heterocycles. The van der Waals surface area contributed by atoms with Gasteiger partial charge in [0.1, 0.15) is 0 Å². The lowest BCUT2D eigenvalue weighted by molar-refractivity contribution is -0.177. The van der Waals surface area contributed by atoms with Crippen LogP contribution in [-0.4, -0.2) is 40.9 Å². The van der Waals surface area contributed by atoms with Crippen LogP contribution in [0.2, 0.25) is 0 Å². The van der Waals surface area contributed by atoms with Crippen molar-refractivity contribution in [3.8, 4) is 0 Å². The van der Waals surface area contributed by atoms with Crippen molar-refractivity contribution in [2.24, 2.45) is 56.7 Å². The number of esters is 1. The molecule has 0 bridgehead atoms. The first-order valence-corrected chi connectivity index (χ1v) is 17.4. The molecular formula is C33H50O3S2. The van der Waals surface area contributed by atoms with Crippen molar-refractivity contribution in [2.75, 3.05) is 25.2 Å². The molecule has 3 saturated carbocycles. The minimum absolute atomic E-state index is 0.0437. The summed E-state index contributed by atoms with van der Waals surface area (Å²) in [5.41, 5.74) is 3.15. The van der Waals surface area contributed by atoms with Gasteiger partial charge in [0, 0.05) is 16.9 Å². The predicted octanol–water partition coefficient (Wildman–Crippen LogP) is 7.74. The van der Waals surface area contributed by atoms with E-state index in [4.69, 9.17) is 4.74 Å². The maximum Gasteiger partial charge on any atom is 0.312 e. The Bertz CT molecular complexity index is 1060. The number of hydrogen-bond donors (Lipinski definition) is 1. The summed E-state index contributed by atoms with van der Waals surface area (Å²) in [7, 11) is 1.60. The monoisotopic (exact) mass is 558 g/mol. The third-order valence-electron chi connectivity index (χ3n) is 13.8. The number of aliphatic hydroxyl groups is 1. The summed E-state index contributed by atoms with van der Waals surface area (Å²) in [6, 6.07) is 0. The van der Waals surface area contributed by atoms with Crippen molar-refractivity contribution in [2.45, 2.75) is 91.1 Å². The maximum absolute atomic E-state index is 13.5. The molecule has 0 aromatic carbocycles. The first-order chi connectivity index (χ1) is 17.9. The van der Waals surface area contributed by atoms with Gasteiger partial charge in [-0.1, -0.05) is 59.3 Å². The van der Waals surface area contributed by atoms with Crippen molar-refractivity contribution in [1.82, 2.24) is 0 Å². The Balaban J connectivity index is 1.48. The number of carbonyl (C=O) groups excluding carboxylic acids is 1. The summed E-state index contributed by atoms with van der Waals surface area (Å²) < 4.78 is 6.09. The van der Waals surface area contributed by atoms with Crippen LogP contribution in [-0.2, 0) is 9.53 Å². The highest BCUT2D eigenvalue weighted by Crippen LogP contribution is 2.77. The average molecular weight is 559 g/mol. The van der Waals surface area contributed by atoms with Gasteiger partial charge in [-0.2, -0.15) is 0 Å². The first-order valence-electron chi connectivity index (χ1n) is 15.3. The van der Waals surface area contributed by atoms with E-state index in [9.17, 15) is 9.90 Å². The summed E-state index contributed by atoms with van der Waals surface area (Å²) >= 11 is 4.26. The molecular weight excluding hydrogens is 508 g/mol. The standard InChI is InChI=1S/C33H50O3S2/c1-20-10-13-33(28(35)36-7)15-14-30(4)22(26(33)21(20)2)8-9-25-31(30,5)12-11-24-29(3,19-34)18-23(32(24,25)6)27-37-16-17-38-27/h8,18,20-21,24-27,34H,9-17,19H2,1-7H3/t20-,21+,24?,25?,26?,29?,30-,31-,32+,33?/m1/s1. The zero-order valence-corrected chi connectivity index (χ0v) is 26.4. The van der Waals surface area contributed by atoms with Crippen LogP contribution in [0.25, 0.3) is 0 Å². The van der Waals surface area contributed by atoms with Crippen LogP contribution in [0, 0.1) is 56.7 Å². The third-order valence-corrected chi connectivity index (χ3v) is 16.9. The van der Waals surface area contributed by atoms with Crippen molar-refractivity contribution in [3.63, 3.8) is 0 Å². The van der Waals surface area contributed by atoms with E-state index < -0.39 is 0 Å². The van der Waals surface area contributed by atoms with E-state index in [1.807, 2.05) is 0 Å². The molecule has 0 amide bonds. The highest BCUT2D eigenvalue weighted by Gasteiger charge is 2.71. The number of fused-ring (bicyclic) bond motifs is 7. The topological polar surface area (TPSA) is 46.5 Å². The summed E-state index contributed by atoms with van der Waals surface area (Å²) in [4.78, 5) is 13.5. The fourth-order valence-corrected chi connectivity index (χ4v) is 14.5. The molecule has 1 N–H and O–H groups in total. The second-order valence-electron chi connectivity index (χ2n) is 14.9. The van der Waals surface area contributed by atoms with Gasteiger partial charge in [-0.25, -0.2) is 0 Å². The van der Waals surface area contributed by atoms with Crippen molar-refractivity contribution >= 4 is 29.5 Å². The van der Waals surface area contributed by atoms with E-state index in [-0.39, 0.29) is 39.7 Å². The second kappa shape index (κ2) is 9.05. The Hall–Kier alpha value is -0.390. The third kappa shape index (κ3) is 3.30. The summed E-state index contributed by atoms with van der Waals surface area (Å²) in [6.45, 7) is 15.2. The zero-order valence-electron chi connectivity index (χ0n) is 24.8. The first kappa shape index (κ1) is 27.8. The largest absolute Gasteiger partial charge is 0.469 e. The predicted molar refractivity (Wildman–Crippen MR) is 160 cm³/mol. The van der Waals surface area contributed by atoms with Crippen LogP contribution >= 0.6 is 23.5 Å². The van der Waals surface area contributed by atoms with Gasteiger partial charge in [0.2, 0.25) is 0 Å². The van der Waals surface area contributed by atoms with E-state index in [0.717, 1.165) is 32.1 Å². The Morgan fingerprint density at radius 2 is 1.71 bits per heavy atom. The molecule has 1 aliphatic heterocycles. The molecule has 1 saturated heterocycles. The average Bonchev–Trinajstić information content (AvgIpc) is 3.51. The molecule has 5 aliphatic carbocycles. The second-order valence-corrected chi connectivity index (χ2v) is 17.6. The molecule has 1 heterocycles. The van der Waals surface area contributed by atoms with Gasteiger partial charge in [0.25, 0.3) is 0 Å². The van der Waals surface area contributed by atoms with Crippen LogP contribution in [0.1, 0.15) is 86.5 Å². The molecule has 0 spiro atoms. The molecule has 6 rings (SSSR count). The molecule has 0 radical (unpaired) electrons. The lowest BCUT2D eigenvalue weighted by Gasteiger charge is -2.69. The number of allylic oxidation sites excluding steroid dienone is 2. The Morgan fingerprint density at radius 3 is 2.37 bits per heavy atom. The molecule has 5 heteroatoms. The van der Waals surface area contributed by atoms with Crippen LogP contribution in [0.3, 0.4) is 0 Å². The molecule has 3 nitrogen and oxygen atoms in total. The van der Waals surface area contributed by atoms with E-state index in [1.54, 1.807) is 18.3 Å². The smallest absolute Gasteiger partial charge is 0.312 e. The number of hydrogen-bond acceptors (Lipinski definition) is 5. The van der Waals surface area contributed by atoms with Crippen molar-refractivity contribution in [3.05, 3.63) is 23.3 Å². The molecule has 5 unspecified atom stereocenters. The maximum atomic E-state index is 13.5. The number of methoxy groups -OCH3 is 1. The van der Waals surface area contributed by atoms with Crippen LogP contribution in [0.15, 0.2) is 23.3 Å². The Morgan fingerprint density at radius 1 is 1.00 bits per heavy atom. The summed E-state index contributed by atoms with van der Waals surface area (Å²) in [6.07, 6.45) is 12.9. The number of aliphatic hydroxyl groups excluding tert-OH is 1. The Kier molecular flexibility index (Phi) is 6.61. The van der Waals surface area contributed by atoms with E-state index >= 15 is 0 Å². The SMILES string of the molecule is COC(=O)C12CC[C@@H](C)[C@H](C)C1C1=CCC3[C@@]4(C)C(C5SCCS5)=CC(C)(CO)C4CC[C@@]3(C)[C@]1(C)CC2. The summed E-state index contributed by atoms with van der Waals surface area (Å²) in [5.74, 6) is 4.99. The minimum Gasteiger partial charge on any atom is -0.469 e. The molecule has 10 atom stereocenters. The van der Waals surface area contributed by atoms with Gasteiger partial charge in [0.05, 0.1) is 23.7 Å². The minimum atomic E-state index is -0.346. The number of carbonyl (C=O) groups is 1. The van der Waals surface area contributed by atoms with Gasteiger partial charge in [0.15, 0.2) is 0 Å². The molecule has 0 aromatic rings. The number of ether oxygens (including phenoxy) is 1. The molecule has 212 valence electrons. The van der Waals surface area contributed by atoms with Gasteiger partial charge < -0.3 is 9.84 Å². The number of rotatable bonds is 3. The Labute approximate surface area is 239 Å². The van der Waals surface area contributed by atoms with E-state index in [1.165, 1.54) is 24.3 Å². The van der Waals surface area contributed by atoms with Gasteiger partial charge in [-0.15, -0.1) is 23.5 Å². The quantitative estimate of drug-likeness (QED) is 0.284. The van der Waals surface area contributed by atoms with E-state index in [2.05, 4.69) is 77.2 Å². The van der Waals surface area contributed by atoms with Crippen molar-refractivity contribution < 1.29 is 14.6 Å². The van der Waals surface area contributed by atoms with Gasteiger partial charge in [-0.3, -0.25) is 4.79 Å². The molecule has 6 aliphatic rings.